The first-order chi connectivity index (χ1) is 11.6. The van der Waals surface area contributed by atoms with E-state index >= 15 is 0 Å². The van der Waals surface area contributed by atoms with Gasteiger partial charge in [-0.25, -0.2) is 9.18 Å². The second kappa shape index (κ2) is 7.16. The molecule has 2 amide bonds. The first-order valence-corrected chi connectivity index (χ1v) is 8.65. The quantitative estimate of drug-likeness (QED) is 0.896. The Labute approximate surface area is 142 Å². The van der Waals surface area contributed by atoms with Crippen LogP contribution < -0.4 is 5.32 Å². The molecule has 1 unspecified atom stereocenters. The number of aromatic nitrogens is 1. The maximum absolute atomic E-state index is 13.2. The summed E-state index contributed by atoms with van der Waals surface area (Å²) in [5.74, 6) is 0.252. The minimum Gasteiger partial charge on any atom is -0.314 e. The van der Waals surface area contributed by atoms with Gasteiger partial charge in [-0.05, 0) is 42.9 Å². The molecule has 1 atom stereocenters. The summed E-state index contributed by atoms with van der Waals surface area (Å²) >= 11 is 0. The van der Waals surface area contributed by atoms with Gasteiger partial charge < -0.3 is 10.2 Å². The number of allylic oxidation sites excluding steroid dienone is 4. The molecule has 5 heteroatoms. The molecule has 128 valence electrons. The first kappa shape index (κ1) is 16.7. The van der Waals surface area contributed by atoms with Gasteiger partial charge in [-0.3, -0.25) is 4.98 Å². The highest BCUT2D eigenvalue weighted by molar-refractivity contribution is 5.77. The number of amides is 2. The third-order valence-electron chi connectivity index (χ3n) is 4.82. The molecular formula is C19H24FN3O. The predicted octanol–water partition coefficient (Wildman–Crippen LogP) is 4.29. The number of rotatable bonds is 4. The lowest BCUT2D eigenvalue weighted by atomic mass is 9.89. The van der Waals surface area contributed by atoms with Gasteiger partial charge in [0.1, 0.15) is 5.82 Å². The lowest BCUT2D eigenvalue weighted by Crippen LogP contribution is -2.36. The molecule has 0 saturated carbocycles. The van der Waals surface area contributed by atoms with Crippen LogP contribution in [0.25, 0.3) is 0 Å². The van der Waals surface area contributed by atoms with Crippen molar-refractivity contribution >= 4 is 6.03 Å². The summed E-state index contributed by atoms with van der Waals surface area (Å²) < 4.78 is 13.2. The lowest BCUT2D eigenvalue weighted by Gasteiger charge is -2.22. The van der Waals surface area contributed by atoms with Crippen molar-refractivity contribution in [1.29, 1.82) is 0 Å². The summed E-state index contributed by atoms with van der Waals surface area (Å²) in [7, 11) is 0. The molecule has 1 aromatic heterocycles. The fourth-order valence-electron chi connectivity index (χ4n) is 3.38. The van der Waals surface area contributed by atoms with Crippen LogP contribution in [0.5, 0.6) is 0 Å². The smallest absolute Gasteiger partial charge is 0.314 e. The van der Waals surface area contributed by atoms with Gasteiger partial charge in [0, 0.05) is 12.2 Å². The highest BCUT2D eigenvalue weighted by Crippen LogP contribution is 2.27. The summed E-state index contributed by atoms with van der Waals surface area (Å²) in [4.78, 5) is 18.1. The molecule has 1 aromatic rings. The fourth-order valence-corrected chi connectivity index (χ4v) is 3.38. The van der Waals surface area contributed by atoms with Gasteiger partial charge in [-0.1, -0.05) is 31.9 Å². The Hall–Kier alpha value is -2.17. The van der Waals surface area contributed by atoms with Gasteiger partial charge in [0.25, 0.3) is 0 Å². The van der Waals surface area contributed by atoms with Crippen molar-refractivity contribution < 1.29 is 9.18 Å². The van der Waals surface area contributed by atoms with Crippen LogP contribution in [0.4, 0.5) is 9.18 Å². The van der Waals surface area contributed by atoms with E-state index in [2.05, 4.69) is 30.2 Å². The Morgan fingerprint density at radius 1 is 1.38 bits per heavy atom. The van der Waals surface area contributed by atoms with Crippen molar-refractivity contribution in [2.75, 3.05) is 0 Å². The van der Waals surface area contributed by atoms with Crippen LogP contribution in [-0.4, -0.2) is 15.9 Å². The minimum atomic E-state index is -0.357. The van der Waals surface area contributed by atoms with Crippen LogP contribution in [0.3, 0.4) is 0 Å². The van der Waals surface area contributed by atoms with E-state index in [1.165, 1.54) is 30.7 Å². The van der Waals surface area contributed by atoms with Crippen LogP contribution in [-0.2, 0) is 13.1 Å². The first-order valence-electron chi connectivity index (χ1n) is 8.65. The van der Waals surface area contributed by atoms with Crippen LogP contribution in [0, 0.1) is 11.7 Å². The number of hydrogen-bond acceptors (Lipinski definition) is 2. The average molecular weight is 329 g/mol. The SMILES string of the molecule is CCCC(C)C1=CC=C(NC(=O)N2Cc3cc(F)cnc3C2)CC1. The van der Waals surface area contributed by atoms with Gasteiger partial charge in [-0.15, -0.1) is 0 Å². The summed E-state index contributed by atoms with van der Waals surface area (Å²) in [6.07, 6.45) is 9.62. The van der Waals surface area contributed by atoms with Gasteiger partial charge in [0.05, 0.1) is 18.4 Å². The molecular weight excluding hydrogens is 305 g/mol. The molecule has 0 fully saturated rings. The lowest BCUT2D eigenvalue weighted by molar-refractivity contribution is 0.200. The molecule has 24 heavy (non-hydrogen) atoms. The molecule has 0 spiro atoms. The second-order valence-electron chi connectivity index (χ2n) is 6.67. The number of halogens is 1. The number of urea groups is 1. The highest BCUT2D eigenvalue weighted by atomic mass is 19.1. The molecule has 0 bridgehead atoms. The fraction of sp³-hybridized carbons (Fsp3) is 0.474. The number of carbonyl (C=O) groups excluding carboxylic acids is 1. The van der Waals surface area contributed by atoms with E-state index in [-0.39, 0.29) is 11.8 Å². The Balaban J connectivity index is 1.59. The van der Waals surface area contributed by atoms with Gasteiger partial charge in [0.15, 0.2) is 0 Å². The topological polar surface area (TPSA) is 45.2 Å². The van der Waals surface area contributed by atoms with Gasteiger partial charge in [-0.2, -0.15) is 0 Å². The number of nitrogens with zero attached hydrogens (tertiary/aromatic N) is 2. The number of nitrogens with one attached hydrogen (secondary N) is 1. The molecule has 2 heterocycles. The maximum Gasteiger partial charge on any atom is 0.322 e. The Morgan fingerprint density at radius 2 is 2.21 bits per heavy atom. The zero-order chi connectivity index (χ0) is 17.1. The molecule has 0 saturated heterocycles. The molecule has 0 radical (unpaired) electrons. The molecule has 4 nitrogen and oxygen atoms in total. The Morgan fingerprint density at radius 3 is 2.92 bits per heavy atom. The van der Waals surface area contributed by atoms with Crippen molar-refractivity contribution in [3.63, 3.8) is 0 Å². The summed E-state index contributed by atoms with van der Waals surface area (Å²) in [5.41, 5.74) is 3.98. The predicted molar refractivity (Wildman–Crippen MR) is 91.4 cm³/mol. The highest BCUT2D eigenvalue weighted by Gasteiger charge is 2.25. The number of carbonyl (C=O) groups is 1. The van der Waals surface area contributed by atoms with E-state index in [4.69, 9.17) is 0 Å². The van der Waals surface area contributed by atoms with Crippen LogP contribution >= 0.6 is 0 Å². The van der Waals surface area contributed by atoms with Crippen molar-refractivity contribution in [2.24, 2.45) is 5.92 Å². The minimum absolute atomic E-state index is 0.141. The second-order valence-corrected chi connectivity index (χ2v) is 6.67. The van der Waals surface area contributed by atoms with Crippen molar-refractivity contribution in [2.45, 2.75) is 52.6 Å². The van der Waals surface area contributed by atoms with E-state index in [1.54, 1.807) is 4.90 Å². The Bertz CT molecular complexity index is 696. The summed E-state index contributed by atoms with van der Waals surface area (Å²) in [6, 6.07) is 1.32. The van der Waals surface area contributed by atoms with Crippen LogP contribution in [0.1, 0.15) is 50.8 Å². The zero-order valence-corrected chi connectivity index (χ0v) is 14.3. The largest absolute Gasteiger partial charge is 0.322 e. The molecule has 2 aliphatic rings. The average Bonchev–Trinajstić information content (AvgIpc) is 2.99. The van der Waals surface area contributed by atoms with E-state index in [9.17, 15) is 9.18 Å². The van der Waals surface area contributed by atoms with Crippen LogP contribution in [0.15, 0.2) is 35.7 Å². The van der Waals surface area contributed by atoms with Crippen molar-refractivity contribution in [1.82, 2.24) is 15.2 Å². The van der Waals surface area contributed by atoms with E-state index in [0.29, 0.717) is 19.0 Å². The monoisotopic (exact) mass is 329 g/mol. The normalized spacial score (nSPS) is 17.9. The standard InChI is InChI=1S/C19H24FN3O/c1-3-4-13(2)14-5-7-17(8-6-14)22-19(24)23-11-15-9-16(20)10-21-18(15)12-23/h5,7,9-10,13H,3-4,6,8,11-12H2,1-2H3,(H,22,24). The number of fused-ring (bicyclic) bond motifs is 1. The Kier molecular flexibility index (Phi) is 4.97. The summed E-state index contributed by atoms with van der Waals surface area (Å²) in [5, 5.41) is 2.98. The summed E-state index contributed by atoms with van der Waals surface area (Å²) in [6.45, 7) is 5.31. The third kappa shape index (κ3) is 3.66. The van der Waals surface area contributed by atoms with E-state index in [0.717, 1.165) is 29.8 Å². The molecule has 1 N–H and O–H groups in total. The number of hydrogen-bond donors (Lipinski definition) is 1. The van der Waals surface area contributed by atoms with Gasteiger partial charge >= 0.3 is 6.03 Å². The van der Waals surface area contributed by atoms with E-state index < -0.39 is 0 Å². The molecule has 1 aliphatic carbocycles. The van der Waals surface area contributed by atoms with Crippen molar-refractivity contribution in [3.05, 3.63) is 52.8 Å². The zero-order valence-electron chi connectivity index (χ0n) is 14.3. The molecule has 1 aliphatic heterocycles. The van der Waals surface area contributed by atoms with Crippen LogP contribution in [0.2, 0.25) is 0 Å². The maximum atomic E-state index is 13.2. The molecule has 0 aromatic carbocycles. The number of pyridine rings is 1. The van der Waals surface area contributed by atoms with Crippen molar-refractivity contribution in [3.8, 4) is 0 Å². The molecule has 3 rings (SSSR count). The van der Waals surface area contributed by atoms with E-state index in [1.807, 2.05) is 6.08 Å². The van der Waals surface area contributed by atoms with Gasteiger partial charge in [0.2, 0.25) is 0 Å². The third-order valence-corrected chi connectivity index (χ3v) is 4.82.